The van der Waals surface area contributed by atoms with Gasteiger partial charge in [0.2, 0.25) is 0 Å². The van der Waals surface area contributed by atoms with E-state index in [0.717, 1.165) is 17.8 Å². The molecule has 26 heavy (non-hydrogen) atoms. The van der Waals surface area contributed by atoms with Crippen LogP contribution in [0.25, 0.3) is 0 Å². The van der Waals surface area contributed by atoms with Crippen molar-refractivity contribution in [1.29, 1.82) is 0 Å². The molecular formula is C17H22N4O5. The molecule has 1 aromatic carbocycles. The van der Waals surface area contributed by atoms with Crippen LogP contribution in [0, 0.1) is 24.0 Å². The summed E-state index contributed by atoms with van der Waals surface area (Å²) in [5.41, 5.74) is 1.78. The van der Waals surface area contributed by atoms with Gasteiger partial charge in [-0.15, -0.1) is 0 Å². The van der Waals surface area contributed by atoms with E-state index in [9.17, 15) is 14.9 Å². The van der Waals surface area contributed by atoms with Crippen LogP contribution in [0.2, 0.25) is 0 Å². The molecule has 2 aromatic rings. The molecule has 9 heteroatoms. The van der Waals surface area contributed by atoms with E-state index in [4.69, 9.17) is 9.47 Å². The fourth-order valence-electron chi connectivity index (χ4n) is 2.44. The first-order valence-corrected chi connectivity index (χ1v) is 8.13. The van der Waals surface area contributed by atoms with Gasteiger partial charge in [0.25, 0.3) is 5.91 Å². The molecule has 0 saturated carbocycles. The maximum absolute atomic E-state index is 11.8. The lowest BCUT2D eigenvalue weighted by Gasteiger charge is -2.09. The van der Waals surface area contributed by atoms with Gasteiger partial charge in [-0.3, -0.25) is 19.6 Å². The van der Waals surface area contributed by atoms with Crippen LogP contribution in [0.15, 0.2) is 24.3 Å². The van der Waals surface area contributed by atoms with Crippen LogP contribution in [0.3, 0.4) is 0 Å². The molecule has 0 aliphatic carbocycles. The molecule has 0 fully saturated rings. The molecule has 0 spiro atoms. The molecule has 0 atom stereocenters. The molecule has 2 rings (SSSR count). The summed E-state index contributed by atoms with van der Waals surface area (Å²) in [6.07, 6.45) is 0.719. The molecule has 1 N–H and O–H groups in total. The Morgan fingerprint density at radius 3 is 2.73 bits per heavy atom. The van der Waals surface area contributed by atoms with Crippen LogP contribution in [0.5, 0.6) is 11.5 Å². The summed E-state index contributed by atoms with van der Waals surface area (Å²) in [7, 11) is 1.42. The number of ether oxygens (including phenoxy) is 2. The van der Waals surface area contributed by atoms with Crippen LogP contribution >= 0.6 is 0 Å². The van der Waals surface area contributed by atoms with Crippen molar-refractivity contribution in [2.24, 2.45) is 0 Å². The zero-order valence-corrected chi connectivity index (χ0v) is 15.0. The van der Waals surface area contributed by atoms with E-state index in [1.54, 1.807) is 0 Å². The predicted molar refractivity (Wildman–Crippen MR) is 94.5 cm³/mol. The van der Waals surface area contributed by atoms with E-state index < -0.39 is 4.92 Å². The Balaban J connectivity index is 1.78. The van der Waals surface area contributed by atoms with E-state index in [-0.39, 0.29) is 24.0 Å². The van der Waals surface area contributed by atoms with Gasteiger partial charge in [0.15, 0.2) is 12.4 Å². The van der Waals surface area contributed by atoms with Gasteiger partial charge in [-0.25, -0.2) is 0 Å². The number of nitrogens with one attached hydrogen (secondary N) is 1. The summed E-state index contributed by atoms with van der Waals surface area (Å²) in [4.78, 5) is 22.3. The zero-order valence-electron chi connectivity index (χ0n) is 15.0. The van der Waals surface area contributed by atoms with Crippen LogP contribution in [0.1, 0.15) is 17.8 Å². The largest absolute Gasteiger partial charge is 0.496 e. The first-order chi connectivity index (χ1) is 12.4. The zero-order chi connectivity index (χ0) is 19.1. The number of benzene rings is 1. The van der Waals surface area contributed by atoms with Crippen molar-refractivity contribution in [3.8, 4) is 11.5 Å². The van der Waals surface area contributed by atoms with E-state index in [0.29, 0.717) is 18.8 Å². The monoisotopic (exact) mass is 362 g/mol. The average molecular weight is 362 g/mol. The number of nitrogens with zero attached hydrogens (tertiary/aromatic N) is 3. The number of carbonyl (C=O) groups excluding carboxylic acids is 1. The number of rotatable bonds is 9. The first-order valence-electron chi connectivity index (χ1n) is 8.13. The van der Waals surface area contributed by atoms with Gasteiger partial charge in [-0.1, -0.05) is 0 Å². The van der Waals surface area contributed by atoms with Crippen molar-refractivity contribution in [1.82, 2.24) is 15.1 Å². The van der Waals surface area contributed by atoms with E-state index in [2.05, 4.69) is 10.4 Å². The maximum Gasteiger partial charge on any atom is 0.314 e. The average Bonchev–Trinajstić information content (AvgIpc) is 2.94. The summed E-state index contributed by atoms with van der Waals surface area (Å²) in [5, 5.41) is 18.1. The van der Waals surface area contributed by atoms with E-state index in [1.165, 1.54) is 25.3 Å². The lowest BCUT2D eigenvalue weighted by atomic mass is 10.3. The normalized spacial score (nSPS) is 10.4. The minimum Gasteiger partial charge on any atom is -0.496 e. The number of hydrogen-bond acceptors (Lipinski definition) is 6. The predicted octanol–water partition coefficient (Wildman–Crippen LogP) is 2.00. The van der Waals surface area contributed by atoms with Crippen LogP contribution in [-0.2, 0) is 11.3 Å². The number of carbonyl (C=O) groups is 1. The summed E-state index contributed by atoms with van der Waals surface area (Å²) in [6.45, 7) is 4.78. The standard InChI is InChI=1S/C17H22N4O5/c1-12-9-13(2)20(19-12)8-4-7-18-17(22)11-26-16-6-5-14(25-3)10-15(16)21(23)24/h5-6,9-10H,4,7-8,11H2,1-3H3,(H,18,22). The van der Waals surface area contributed by atoms with Crippen molar-refractivity contribution >= 4 is 11.6 Å². The van der Waals surface area contributed by atoms with Gasteiger partial charge in [0, 0.05) is 18.8 Å². The van der Waals surface area contributed by atoms with Crippen molar-refractivity contribution in [2.75, 3.05) is 20.3 Å². The molecule has 0 radical (unpaired) electrons. The van der Waals surface area contributed by atoms with Crippen molar-refractivity contribution in [2.45, 2.75) is 26.8 Å². The van der Waals surface area contributed by atoms with Crippen molar-refractivity contribution < 1.29 is 19.2 Å². The minimum atomic E-state index is -0.579. The van der Waals surface area contributed by atoms with Crippen LogP contribution < -0.4 is 14.8 Å². The number of nitro groups is 1. The van der Waals surface area contributed by atoms with Gasteiger partial charge >= 0.3 is 5.69 Å². The highest BCUT2D eigenvalue weighted by molar-refractivity contribution is 5.77. The number of methoxy groups -OCH3 is 1. The summed E-state index contributed by atoms with van der Waals surface area (Å²) in [6, 6.07) is 6.19. The quantitative estimate of drug-likeness (QED) is 0.415. The van der Waals surface area contributed by atoms with Gasteiger partial charge in [0.1, 0.15) is 5.75 Å². The molecule has 0 aliphatic rings. The van der Waals surface area contributed by atoms with Crippen molar-refractivity contribution in [3.05, 3.63) is 45.8 Å². The Morgan fingerprint density at radius 2 is 2.12 bits per heavy atom. The summed E-state index contributed by atoms with van der Waals surface area (Å²) >= 11 is 0. The lowest BCUT2D eigenvalue weighted by Crippen LogP contribution is -2.30. The van der Waals surface area contributed by atoms with Crippen molar-refractivity contribution in [3.63, 3.8) is 0 Å². The molecule has 0 saturated heterocycles. The highest BCUT2D eigenvalue weighted by Crippen LogP contribution is 2.30. The first kappa shape index (κ1) is 19.2. The molecule has 0 unspecified atom stereocenters. The molecule has 1 heterocycles. The highest BCUT2D eigenvalue weighted by atomic mass is 16.6. The smallest absolute Gasteiger partial charge is 0.314 e. The molecule has 1 amide bonds. The summed E-state index contributed by atoms with van der Waals surface area (Å²) < 4.78 is 12.1. The number of aryl methyl sites for hydroxylation is 3. The highest BCUT2D eigenvalue weighted by Gasteiger charge is 2.17. The van der Waals surface area contributed by atoms with E-state index >= 15 is 0 Å². The third-order valence-corrected chi connectivity index (χ3v) is 3.69. The fourth-order valence-corrected chi connectivity index (χ4v) is 2.44. The van der Waals surface area contributed by atoms with E-state index in [1.807, 2.05) is 24.6 Å². The van der Waals surface area contributed by atoms with Gasteiger partial charge in [-0.05, 0) is 38.5 Å². The molecular weight excluding hydrogens is 340 g/mol. The lowest BCUT2D eigenvalue weighted by molar-refractivity contribution is -0.385. The third kappa shape index (κ3) is 5.20. The van der Waals surface area contributed by atoms with Gasteiger partial charge in [0.05, 0.1) is 23.8 Å². The molecule has 140 valence electrons. The fraction of sp³-hybridized carbons (Fsp3) is 0.412. The number of amides is 1. The Kier molecular flexibility index (Phi) is 6.54. The van der Waals surface area contributed by atoms with Crippen LogP contribution in [0.4, 0.5) is 5.69 Å². The van der Waals surface area contributed by atoms with Gasteiger partial charge in [-0.2, -0.15) is 5.10 Å². The van der Waals surface area contributed by atoms with Crippen LogP contribution in [-0.4, -0.2) is 40.9 Å². The summed E-state index contributed by atoms with van der Waals surface area (Å²) in [5.74, 6) is 0.0229. The SMILES string of the molecule is COc1ccc(OCC(=O)NCCCn2nc(C)cc2C)c([N+](=O)[O-])c1. The Bertz CT molecular complexity index is 787. The number of hydrogen-bond donors (Lipinski definition) is 1. The maximum atomic E-state index is 11.8. The topological polar surface area (TPSA) is 109 Å². The Morgan fingerprint density at radius 1 is 1.35 bits per heavy atom. The molecule has 0 bridgehead atoms. The van der Waals surface area contributed by atoms with Gasteiger partial charge < -0.3 is 14.8 Å². The third-order valence-electron chi connectivity index (χ3n) is 3.69. The molecule has 0 aliphatic heterocycles. The number of nitro benzene ring substituents is 1. The second-order valence-electron chi connectivity index (χ2n) is 5.73. The Hall–Kier alpha value is -3.10. The molecule has 9 nitrogen and oxygen atoms in total. The molecule has 1 aromatic heterocycles. The number of aromatic nitrogens is 2. The second kappa shape index (κ2) is 8.84. The Labute approximate surface area is 151 Å². The second-order valence-corrected chi connectivity index (χ2v) is 5.73. The minimum absolute atomic E-state index is 0.0218.